The third-order valence-corrected chi connectivity index (χ3v) is 1.06. The summed E-state index contributed by atoms with van der Waals surface area (Å²) in [5.74, 6) is -0.724. The molecule has 5 heteroatoms. The van der Waals surface area contributed by atoms with E-state index < -0.39 is 24.2 Å². The van der Waals surface area contributed by atoms with Gasteiger partial charge in [0.2, 0.25) is 6.08 Å². The molecule has 0 saturated heterocycles. The minimum absolute atomic E-state index is 0.551. The number of aliphatic hydroxyl groups excluding tert-OH is 1. The first-order valence-corrected chi connectivity index (χ1v) is 3.81. The van der Waals surface area contributed by atoms with Gasteiger partial charge in [-0.15, -0.1) is 0 Å². The summed E-state index contributed by atoms with van der Waals surface area (Å²) in [6.07, 6.45) is 1.20. The highest BCUT2D eigenvalue weighted by atomic mass is 16.6. The molecule has 0 aliphatic heterocycles. The van der Waals surface area contributed by atoms with Crippen LogP contribution in [0, 0.1) is 0 Å². The van der Waals surface area contributed by atoms with Gasteiger partial charge < -0.3 is 9.84 Å². The normalized spacial score (nSPS) is 12.9. The molecule has 0 rings (SSSR count). The van der Waals surface area contributed by atoms with Crippen molar-refractivity contribution in [3.05, 3.63) is 0 Å². The predicted molar refractivity (Wildman–Crippen MR) is 44.8 cm³/mol. The number of ether oxygens (including phenoxy) is 1. The molecule has 0 radical (unpaired) electrons. The zero-order chi connectivity index (χ0) is 10.5. The van der Waals surface area contributed by atoms with Crippen LogP contribution in [0.2, 0.25) is 0 Å². The van der Waals surface area contributed by atoms with Crippen LogP contribution in [0.1, 0.15) is 20.8 Å². The van der Waals surface area contributed by atoms with Crippen LogP contribution in [-0.4, -0.2) is 35.4 Å². The SMILES string of the molecule is CC(C)(C)OC(=O)C(CO)N=C=O. The van der Waals surface area contributed by atoms with Gasteiger partial charge in [0.25, 0.3) is 0 Å². The van der Waals surface area contributed by atoms with Crippen molar-refractivity contribution in [3.63, 3.8) is 0 Å². The standard InChI is InChI=1S/C8H13NO4/c1-8(2,3)13-7(12)6(4-10)9-5-11/h6,10H,4H2,1-3H3. The molecular formula is C8H13NO4. The van der Waals surface area contributed by atoms with Gasteiger partial charge in [0.05, 0.1) is 6.61 Å². The van der Waals surface area contributed by atoms with E-state index in [4.69, 9.17) is 9.84 Å². The van der Waals surface area contributed by atoms with E-state index in [9.17, 15) is 9.59 Å². The fraction of sp³-hybridized carbons (Fsp3) is 0.750. The zero-order valence-corrected chi connectivity index (χ0v) is 7.90. The largest absolute Gasteiger partial charge is 0.458 e. The monoisotopic (exact) mass is 187 g/mol. The lowest BCUT2D eigenvalue weighted by molar-refractivity contribution is -0.157. The molecular weight excluding hydrogens is 174 g/mol. The minimum atomic E-state index is -1.16. The van der Waals surface area contributed by atoms with E-state index in [0.717, 1.165) is 0 Å². The molecule has 1 unspecified atom stereocenters. The molecule has 5 nitrogen and oxygen atoms in total. The fourth-order valence-corrected chi connectivity index (χ4v) is 0.601. The molecule has 0 amide bonds. The summed E-state index contributed by atoms with van der Waals surface area (Å²) in [4.78, 5) is 24.1. The van der Waals surface area contributed by atoms with Gasteiger partial charge in [-0.05, 0) is 20.8 Å². The van der Waals surface area contributed by atoms with E-state index >= 15 is 0 Å². The average Bonchev–Trinajstić information content (AvgIpc) is 1.96. The van der Waals surface area contributed by atoms with Crippen LogP contribution in [0.4, 0.5) is 0 Å². The summed E-state index contributed by atoms with van der Waals surface area (Å²) < 4.78 is 4.87. The maximum Gasteiger partial charge on any atom is 0.334 e. The molecule has 13 heavy (non-hydrogen) atoms. The molecule has 0 aliphatic carbocycles. The Morgan fingerprint density at radius 1 is 1.62 bits per heavy atom. The third kappa shape index (κ3) is 5.11. The lowest BCUT2D eigenvalue weighted by Crippen LogP contribution is -2.32. The maximum atomic E-state index is 11.1. The Labute approximate surface area is 76.4 Å². The van der Waals surface area contributed by atoms with Crippen LogP contribution >= 0.6 is 0 Å². The quantitative estimate of drug-likeness (QED) is 0.384. The van der Waals surface area contributed by atoms with Gasteiger partial charge in [-0.2, -0.15) is 4.99 Å². The van der Waals surface area contributed by atoms with Gasteiger partial charge in [0.15, 0.2) is 6.04 Å². The summed E-state index contributed by atoms with van der Waals surface area (Å²) in [6, 6.07) is -1.16. The smallest absolute Gasteiger partial charge is 0.334 e. The molecule has 0 aromatic heterocycles. The highest BCUT2D eigenvalue weighted by Crippen LogP contribution is 2.09. The Kier molecular flexibility index (Phi) is 4.31. The lowest BCUT2D eigenvalue weighted by Gasteiger charge is -2.20. The Balaban J connectivity index is 4.31. The van der Waals surface area contributed by atoms with Gasteiger partial charge in [-0.25, -0.2) is 9.59 Å². The summed E-state index contributed by atoms with van der Waals surface area (Å²) in [6.45, 7) is 4.50. The fourth-order valence-electron chi connectivity index (χ4n) is 0.601. The molecule has 0 saturated carbocycles. The first-order chi connectivity index (χ1) is 5.90. The van der Waals surface area contributed by atoms with Crippen molar-refractivity contribution in [2.75, 3.05) is 6.61 Å². The number of hydrogen-bond acceptors (Lipinski definition) is 5. The molecule has 0 aromatic carbocycles. The van der Waals surface area contributed by atoms with Crippen LogP contribution in [0.15, 0.2) is 4.99 Å². The first-order valence-electron chi connectivity index (χ1n) is 3.81. The van der Waals surface area contributed by atoms with Crippen LogP contribution in [-0.2, 0) is 14.3 Å². The van der Waals surface area contributed by atoms with Crippen LogP contribution in [0.5, 0.6) is 0 Å². The molecule has 74 valence electrons. The van der Waals surface area contributed by atoms with Gasteiger partial charge in [-0.3, -0.25) is 0 Å². The average molecular weight is 187 g/mol. The van der Waals surface area contributed by atoms with Crippen molar-refractivity contribution in [1.29, 1.82) is 0 Å². The highest BCUT2D eigenvalue weighted by Gasteiger charge is 2.23. The van der Waals surface area contributed by atoms with Gasteiger partial charge in [0.1, 0.15) is 5.60 Å². The van der Waals surface area contributed by atoms with E-state index in [1.165, 1.54) is 6.08 Å². The number of esters is 1. The predicted octanol–water partition coefficient (Wildman–Crippen LogP) is 0.0248. The maximum absolute atomic E-state index is 11.1. The summed E-state index contributed by atoms with van der Waals surface area (Å²) in [7, 11) is 0. The topological polar surface area (TPSA) is 76.0 Å². The van der Waals surface area contributed by atoms with E-state index in [0.29, 0.717) is 0 Å². The van der Waals surface area contributed by atoms with E-state index in [1.807, 2.05) is 0 Å². The van der Waals surface area contributed by atoms with Crippen molar-refractivity contribution >= 4 is 12.0 Å². The molecule has 0 heterocycles. The third-order valence-electron chi connectivity index (χ3n) is 1.06. The molecule has 0 spiro atoms. The van der Waals surface area contributed by atoms with Crippen LogP contribution < -0.4 is 0 Å². The number of hydrogen-bond donors (Lipinski definition) is 1. The second-order valence-electron chi connectivity index (χ2n) is 3.45. The molecule has 0 aliphatic rings. The summed E-state index contributed by atoms with van der Waals surface area (Å²) >= 11 is 0. The van der Waals surface area contributed by atoms with Gasteiger partial charge in [-0.1, -0.05) is 0 Å². The molecule has 0 fully saturated rings. The molecule has 0 aromatic rings. The Morgan fingerprint density at radius 3 is 2.46 bits per heavy atom. The number of rotatable bonds is 3. The number of nitrogens with zero attached hydrogens (tertiary/aromatic N) is 1. The second-order valence-corrected chi connectivity index (χ2v) is 3.45. The Hall–Kier alpha value is -1.19. The van der Waals surface area contributed by atoms with Crippen molar-refractivity contribution in [1.82, 2.24) is 0 Å². The Morgan fingerprint density at radius 2 is 2.15 bits per heavy atom. The van der Waals surface area contributed by atoms with Crippen molar-refractivity contribution in [3.8, 4) is 0 Å². The summed E-state index contributed by atoms with van der Waals surface area (Å²) in [5, 5.41) is 8.65. The van der Waals surface area contributed by atoms with Crippen LogP contribution in [0.3, 0.4) is 0 Å². The molecule has 1 atom stereocenters. The van der Waals surface area contributed by atoms with Crippen molar-refractivity contribution < 1.29 is 19.4 Å². The minimum Gasteiger partial charge on any atom is -0.458 e. The lowest BCUT2D eigenvalue weighted by atomic mass is 10.2. The van der Waals surface area contributed by atoms with Gasteiger partial charge in [0, 0.05) is 0 Å². The zero-order valence-electron chi connectivity index (χ0n) is 7.90. The van der Waals surface area contributed by atoms with E-state index in [-0.39, 0.29) is 0 Å². The van der Waals surface area contributed by atoms with E-state index in [1.54, 1.807) is 20.8 Å². The second kappa shape index (κ2) is 4.74. The number of aliphatic imine (C=N–C) groups is 1. The van der Waals surface area contributed by atoms with E-state index in [2.05, 4.69) is 4.99 Å². The Bertz CT molecular complexity index is 225. The first kappa shape index (κ1) is 11.8. The van der Waals surface area contributed by atoms with Crippen molar-refractivity contribution in [2.45, 2.75) is 32.4 Å². The number of isocyanates is 1. The van der Waals surface area contributed by atoms with Gasteiger partial charge >= 0.3 is 5.97 Å². The highest BCUT2D eigenvalue weighted by molar-refractivity contribution is 5.77. The summed E-state index contributed by atoms with van der Waals surface area (Å²) in [5.41, 5.74) is -0.650. The number of carbonyl (C=O) groups is 1. The number of aliphatic hydroxyl groups is 1. The molecule has 0 bridgehead atoms. The number of carbonyl (C=O) groups excluding carboxylic acids is 2. The van der Waals surface area contributed by atoms with Crippen molar-refractivity contribution in [2.24, 2.45) is 4.99 Å². The molecule has 1 N–H and O–H groups in total. The van der Waals surface area contributed by atoms with Crippen LogP contribution in [0.25, 0.3) is 0 Å².